The van der Waals surface area contributed by atoms with Gasteiger partial charge in [0.25, 0.3) is 0 Å². The summed E-state index contributed by atoms with van der Waals surface area (Å²) in [5.41, 5.74) is 5.60. The van der Waals surface area contributed by atoms with Gasteiger partial charge >= 0.3 is 0 Å². The summed E-state index contributed by atoms with van der Waals surface area (Å²) in [4.78, 5) is 21.9. The van der Waals surface area contributed by atoms with E-state index in [1.54, 1.807) is 11.8 Å². The Morgan fingerprint density at radius 1 is 1.09 bits per heavy atom. The standard InChI is InChI=1S/C26H31N3O2S/c1-18-8-10-22(11-9-18)26-27-24(21(4)31-26)16-32-17-25(30)28-12-13-29(20(3)15-28)23-7-5-6-19(2)14-23/h5-11,14,20H,12-13,15-17H2,1-4H3/t20-/m1/s1. The number of nitrogens with zero attached hydrogens (tertiary/aromatic N) is 3. The summed E-state index contributed by atoms with van der Waals surface area (Å²) in [6.07, 6.45) is 0. The van der Waals surface area contributed by atoms with Gasteiger partial charge in [-0.25, -0.2) is 4.98 Å². The third kappa shape index (κ3) is 5.18. The first-order chi connectivity index (χ1) is 15.4. The number of rotatable bonds is 6. The van der Waals surface area contributed by atoms with Crippen molar-refractivity contribution in [3.63, 3.8) is 0 Å². The van der Waals surface area contributed by atoms with Gasteiger partial charge in [0, 0.05) is 42.7 Å². The Morgan fingerprint density at radius 3 is 2.59 bits per heavy atom. The van der Waals surface area contributed by atoms with Crippen LogP contribution in [0.4, 0.5) is 5.69 Å². The lowest BCUT2D eigenvalue weighted by atomic mass is 10.1. The highest BCUT2D eigenvalue weighted by molar-refractivity contribution is 7.99. The molecular weight excluding hydrogens is 418 g/mol. The van der Waals surface area contributed by atoms with Crippen molar-refractivity contribution in [2.24, 2.45) is 0 Å². The summed E-state index contributed by atoms with van der Waals surface area (Å²) in [5.74, 6) is 2.80. The van der Waals surface area contributed by atoms with E-state index in [0.29, 0.717) is 23.4 Å². The third-order valence-electron chi connectivity index (χ3n) is 5.97. The Labute approximate surface area is 194 Å². The highest BCUT2D eigenvalue weighted by Crippen LogP contribution is 2.25. The van der Waals surface area contributed by atoms with Gasteiger partial charge in [0.2, 0.25) is 11.8 Å². The fourth-order valence-electron chi connectivity index (χ4n) is 4.08. The van der Waals surface area contributed by atoms with Crippen molar-refractivity contribution >= 4 is 23.4 Å². The van der Waals surface area contributed by atoms with Gasteiger partial charge in [0.15, 0.2) is 0 Å². The Kier molecular flexibility index (Phi) is 6.89. The van der Waals surface area contributed by atoms with Crippen LogP contribution < -0.4 is 4.90 Å². The summed E-state index contributed by atoms with van der Waals surface area (Å²) in [5, 5.41) is 0. The fourth-order valence-corrected chi connectivity index (χ4v) is 5.00. The van der Waals surface area contributed by atoms with Crippen LogP contribution >= 0.6 is 11.8 Å². The molecule has 0 bridgehead atoms. The second-order valence-electron chi connectivity index (χ2n) is 8.60. The SMILES string of the molecule is Cc1ccc(-c2nc(CSCC(=O)N3CCN(c4cccc(C)c4)[C@H](C)C3)c(C)o2)cc1. The zero-order chi connectivity index (χ0) is 22.7. The van der Waals surface area contributed by atoms with Crippen LogP contribution in [0.3, 0.4) is 0 Å². The zero-order valence-electron chi connectivity index (χ0n) is 19.3. The summed E-state index contributed by atoms with van der Waals surface area (Å²) < 4.78 is 5.87. The largest absolute Gasteiger partial charge is 0.441 e. The van der Waals surface area contributed by atoms with Gasteiger partial charge in [-0.2, -0.15) is 0 Å². The number of carbonyl (C=O) groups is 1. The molecule has 1 aromatic heterocycles. The number of piperazine rings is 1. The van der Waals surface area contributed by atoms with Crippen molar-refractivity contribution in [1.82, 2.24) is 9.88 Å². The number of amides is 1. The number of aryl methyl sites for hydroxylation is 3. The minimum Gasteiger partial charge on any atom is -0.441 e. The molecule has 5 nitrogen and oxygen atoms in total. The molecule has 1 amide bonds. The molecule has 32 heavy (non-hydrogen) atoms. The molecule has 1 saturated heterocycles. The molecule has 2 aromatic carbocycles. The summed E-state index contributed by atoms with van der Waals surface area (Å²) in [7, 11) is 0. The number of aromatic nitrogens is 1. The maximum Gasteiger partial charge on any atom is 0.232 e. The van der Waals surface area contributed by atoms with Gasteiger partial charge in [-0.1, -0.05) is 29.8 Å². The number of carbonyl (C=O) groups excluding carboxylic acids is 1. The molecule has 0 aliphatic carbocycles. The molecule has 6 heteroatoms. The highest BCUT2D eigenvalue weighted by Gasteiger charge is 2.27. The number of oxazole rings is 1. The highest BCUT2D eigenvalue weighted by atomic mass is 32.2. The Bertz CT molecular complexity index is 1080. The van der Waals surface area contributed by atoms with Crippen LogP contribution in [0, 0.1) is 20.8 Å². The minimum atomic E-state index is 0.200. The lowest BCUT2D eigenvalue weighted by Crippen LogP contribution is -2.54. The average molecular weight is 450 g/mol. The normalized spacial score (nSPS) is 16.4. The van der Waals surface area contributed by atoms with E-state index in [1.807, 2.05) is 24.0 Å². The third-order valence-corrected chi connectivity index (χ3v) is 6.90. The maximum absolute atomic E-state index is 12.8. The van der Waals surface area contributed by atoms with Crippen molar-refractivity contribution in [2.45, 2.75) is 39.5 Å². The summed E-state index contributed by atoms with van der Waals surface area (Å²) >= 11 is 1.61. The Hall–Kier alpha value is -2.73. The number of anilines is 1. The molecule has 1 aliphatic heterocycles. The van der Waals surface area contributed by atoms with Crippen molar-refractivity contribution in [3.05, 3.63) is 71.1 Å². The quantitative estimate of drug-likeness (QED) is 0.515. The van der Waals surface area contributed by atoms with Crippen LogP contribution in [-0.2, 0) is 10.5 Å². The molecule has 0 saturated carbocycles. The maximum atomic E-state index is 12.8. The number of thioether (sulfide) groups is 1. The van der Waals surface area contributed by atoms with Crippen LogP contribution in [0.25, 0.3) is 11.5 Å². The molecule has 2 heterocycles. The predicted molar refractivity (Wildman–Crippen MR) is 132 cm³/mol. The lowest BCUT2D eigenvalue weighted by molar-refractivity contribution is -0.129. The predicted octanol–water partition coefficient (Wildman–Crippen LogP) is 5.24. The van der Waals surface area contributed by atoms with E-state index in [-0.39, 0.29) is 5.91 Å². The van der Waals surface area contributed by atoms with Crippen LogP contribution in [0.5, 0.6) is 0 Å². The van der Waals surface area contributed by atoms with Gasteiger partial charge in [-0.3, -0.25) is 4.79 Å². The van der Waals surface area contributed by atoms with Gasteiger partial charge in [0.05, 0.1) is 11.4 Å². The topological polar surface area (TPSA) is 49.6 Å². The van der Waals surface area contributed by atoms with Crippen LogP contribution in [0.1, 0.15) is 29.5 Å². The van der Waals surface area contributed by atoms with E-state index in [2.05, 4.69) is 67.1 Å². The first-order valence-electron chi connectivity index (χ1n) is 11.1. The molecule has 0 spiro atoms. The van der Waals surface area contributed by atoms with Gasteiger partial charge in [-0.05, 0) is 57.5 Å². The van der Waals surface area contributed by atoms with E-state index in [4.69, 9.17) is 4.42 Å². The van der Waals surface area contributed by atoms with Crippen molar-refractivity contribution < 1.29 is 9.21 Å². The Balaban J connectivity index is 1.29. The smallest absolute Gasteiger partial charge is 0.232 e. The monoisotopic (exact) mass is 449 g/mol. The molecule has 0 N–H and O–H groups in total. The van der Waals surface area contributed by atoms with E-state index < -0.39 is 0 Å². The molecule has 0 radical (unpaired) electrons. The number of hydrogen-bond acceptors (Lipinski definition) is 5. The average Bonchev–Trinajstić information content (AvgIpc) is 3.14. The minimum absolute atomic E-state index is 0.200. The van der Waals surface area contributed by atoms with Crippen molar-refractivity contribution in [2.75, 3.05) is 30.3 Å². The van der Waals surface area contributed by atoms with E-state index >= 15 is 0 Å². The van der Waals surface area contributed by atoms with Crippen molar-refractivity contribution in [1.29, 1.82) is 0 Å². The second kappa shape index (κ2) is 9.82. The molecule has 1 atom stereocenters. The summed E-state index contributed by atoms with van der Waals surface area (Å²) in [6, 6.07) is 17.1. The van der Waals surface area contributed by atoms with Gasteiger partial charge < -0.3 is 14.2 Å². The molecule has 4 rings (SSSR count). The molecule has 1 fully saturated rings. The van der Waals surface area contributed by atoms with E-state index in [9.17, 15) is 4.79 Å². The van der Waals surface area contributed by atoms with E-state index in [0.717, 1.165) is 36.7 Å². The lowest BCUT2D eigenvalue weighted by Gasteiger charge is -2.41. The second-order valence-corrected chi connectivity index (χ2v) is 9.59. The zero-order valence-corrected chi connectivity index (χ0v) is 20.1. The Morgan fingerprint density at radius 2 is 1.88 bits per heavy atom. The molecule has 1 aliphatic rings. The van der Waals surface area contributed by atoms with Crippen molar-refractivity contribution in [3.8, 4) is 11.5 Å². The molecule has 168 valence electrons. The molecule has 3 aromatic rings. The molecular formula is C26H31N3O2S. The first-order valence-corrected chi connectivity index (χ1v) is 12.3. The van der Waals surface area contributed by atoms with Gasteiger partial charge in [0.1, 0.15) is 5.76 Å². The van der Waals surface area contributed by atoms with Crippen LogP contribution in [0.2, 0.25) is 0 Å². The van der Waals surface area contributed by atoms with E-state index in [1.165, 1.54) is 16.8 Å². The summed E-state index contributed by atoms with van der Waals surface area (Å²) in [6.45, 7) is 10.7. The first kappa shape index (κ1) is 22.5. The number of hydrogen-bond donors (Lipinski definition) is 0. The van der Waals surface area contributed by atoms with Crippen LogP contribution in [0.15, 0.2) is 52.9 Å². The number of benzene rings is 2. The fraction of sp³-hybridized carbons (Fsp3) is 0.385. The van der Waals surface area contributed by atoms with Gasteiger partial charge in [-0.15, -0.1) is 11.8 Å². The van der Waals surface area contributed by atoms with Crippen LogP contribution in [-0.4, -0.2) is 47.2 Å². The molecule has 0 unspecified atom stereocenters.